The lowest BCUT2D eigenvalue weighted by atomic mass is 10.1. The lowest BCUT2D eigenvalue weighted by Crippen LogP contribution is -2.28. The number of aromatic nitrogens is 1. The van der Waals surface area contributed by atoms with Gasteiger partial charge in [0.05, 0.1) is 11.2 Å². The summed E-state index contributed by atoms with van der Waals surface area (Å²) in [6.07, 6.45) is -4.35. The van der Waals surface area contributed by atoms with Gasteiger partial charge in [-0.1, -0.05) is 25.1 Å². The van der Waals surface area contributed by atoms with Crippen LogP contribution in [0.3, 0.4) is 0 Å². The highest BCUT2D eigenvalue weighted by Gasteiger charge is 2.38. The van der Waals surface area contributed by atoms with Gasteiger partial charge in [-0.05, 0) is 12.0 Å². The minimum absolute atomic E-state index is 0.227. The molecular weight excluding hydrogens is 389 g/mol. The first kappa shape index (κ1) is 22.4. The summed E-state index contributed by atoms with van der Waals surface area (Å²) in [5.41, 5.74) is 3.62. The van der Waals surface area contributed by atoms with Gasteiger partial charge in [-0.3, -0.25) is 10.1 Å². The topological polar surface area (TPSA) is 120 Å². The van der Waals surface area contributed by atoms with Crippen molar-refractivity contribution in [2.24, 2.45) is 0 Å². The predicted octanol–water partition coefficient (Wildman–Crippen LogP) is 2.96. The van der Waals surface area contributed by atoms with Crippen molar-refractivity contribution in [1.82, 2.24) is 10.3 Å². The maximum absolute atomic E-state index is 11.3. The Hall–Kier alpha value is -2.66. The molecule has 2 rings (SSSR count). The molecule has 1 unspecified atom stereocenters. The van der Waals surface area contributed by atoms with Crippen LogP contribution in [0.25, 0.3) is 0 Å². The van der Waals surface area contributed by atoms with E-state index in [0.29, 0.717) is 11.3 Å². The first-order chi connectivity index (χ1) is 12.6. The van der Waals surface area contributed by atoms with E-state index in [1.165, 1.54) is 11.3 Å². The largest absolute Gasteiger partial charge is 0.507 e. The van der Waals surface area contributed by atoms with E-state index in [0.717, 1.165) is 12.0 Å². The molecule has 1 aromatic carbocycles. The maximum Gasteiger partial charge on any atom is 0.490 e. The highest BCUT2D eigenvalue weighted by Crippen LogP contribution is 2.24. The van der Waals surface area contributed by atoms with Crippen molar-refractivity contribution in [3.63, 3.8) is 0 Å². The van der Waals surface area contributed by atoms with Crippen LogP contribution >= 0.6 is 11.3 Å². The van der Waals surface area contributed by atoms with E-state index in [9.17, 15) is 28.2 Å². The molecule has 0 aliphatic heterocycles. The molecule has 0 aliphatic carbocycles. The number of nitrogens with one attached hydrogen (secondary N) is 1. The Kier molecular flexibility index (Phi) is 8.19. The SMILES string of the molecule is CCc1cccc(CNC(C(=O)O)c2cscn2)c1O.O=C(O)C(F)(F)F. The molecule has 11 heteroatoms. The molecule has 0 saturated heterocycles. The molecule has 0 amide bonds. The van der Waals surface area contributed by atoms with Crippen LogP contribution < -0.4 is 5.32 Å². The number of halogens is 3. The first-order valence-corrected chi connectivity index (χ1v) is 8.46. The van der Waals surface area contributed by atoms with E-state index in [-0.39, 0.29) is 12.3 Å². The van der Waals surface area contributed by atoms with E-state index in [2.05, 4.69) is 10.3 Å². The third-order valence-electron chi connectivity index (χ3n) is 3.32. The normalized spacial score (nSPS) is 12.0. The fraction of sp³-hybridized carbons (Fsp3) is 0.312. The van der Waals surface area contributed by atoms with Gasteiger partial charge in [0.15, 0.2) is 0 Å². The van der Waals surface area contributed by atoms with E-state index in [4.69, 9.17) is 9.90 Å². The van der Waals surface area contributed by atoms with E-state index in [1.807, 2.05) is 19.1 Å². The van der Waals surface area contributed by atoms with Crippen molar-refractivity contribution >= 4 is 23.3 Å². The monoisotopic (exact) mass is 406 g/mol. The molecular formula is C16H17F3N2O5S. The second kappa shape index (κ2) is 9.88. The quantitative estimate of drug-likeness (QED) is 0.582. The molecule has 1 atom stereocenters. The summed E-state index contributed by atoms with van der Waals surface area (Å²) >= 11 is 1.35. The number of aryl methyl sites for hydroxylation is 1. The predicted molar refractivity (Wildman–Crippen MR) is 90.5 cm³/mol. The number of nitrogens with zero attached hydrogens (tertiary/aromatic N) is 1. The van der Waals surface area contributed by atoms with Crippen LogP contribution in [0, 0.1) is 0 Å². The standard InChI is InChI=1S/C14H16N2O3S.C2HF3O2/c1-2-9-4-3-5-10(13(9)17)6-15-12(14(18)19)11-7-20-8-16-11;3-2(4,5)1(6)7/h3-5,7-8,12,15,17H,2,6H2,1H3,(H,18,19);(H,6,7). The van der Waals surface area contributed by atoms with Gasteiger partial charge in [-0.2, -0.15) is 13.2 Å². The summed E-state index contributed by atoms with van der Waals surface area (Å²) in [5.74, 6) is -3.51. The average molecular weight is 406 g/mol. The number of rotatable bonds is 6. The minimum Gasteiger partial charge on any atom is -0.507 e. The number of alkyl halides is 3. The van der Waals surface area contributed by atoms with Gasteiger partial charge in [-0.25, -0.2) is 9.78 Å². The van der Waals surface area contributed by atoms with Gasteiger partial charge >= 0.3 is 18.1 Å². The molecule has 27 heavy (non-hydrogen) atoms. The van der Waals surface area contributed by atoms with Crippen molar-refractivity contribution in [2.45, 2.75) is 32.1 Å². The molecule has 0 bridgehead atoms. The zero-order valence-corrected chi connectivity index (χ0v) is 14.8. The number of phenols is 1. The Morgan fingerprint density at radius 1 is 1.26 bits per heavy atom. The van der Waals surface area contributed by atoms with Crippen LogP contribution in [0.1, 0.15) is 29.8 Å². The average Bonchev–Trinajstić information content (AvgIpc) is 3.10. The number of benzene rings is 1. The molecule has 1 heterocycles. The zero-order valence-electron chi connectivity index (χ0n) is 14.0. The van der Waals surface area contributed by atoms with E-state index < -0.39 is 24.2 Å². The van der Waals surface area contributed by atoms with Gasteiger partial charge < -0.3 is 15.3 Å². The van der Waals surface area contributed by atoms with Crippen molar-refractivity contribution in [3.05, 3.63) is 45.9 Å². The Morgan fingerprint density at radius 3 is 2.30 bits per heavy atom. The fourth-order valence-corrected chi connectivity index (χ4v) is 2.55. The first-order valence-electron chi connectivity index (χ1n) is 7.52. The molecule has 0 radical (unpaired) electrons. The molecule has 4 N–H and O–H groups in total. The highest BCUT2D eigenvalue weighted by molar-refractivity contribution is 7.07. The summed E-state index contributed by atoms with van der Waals surface area (Å²) in [5, 5.41) is 31.0. The van der Waals surface area contributed by atoms with Crippen molar-refractivity contribution in [3.8, 4) is 5.75 Å². The Bertz CT molecular complexity index is 766. The smallest absolute Gasteiger partial charge is 0.490 e. The van der Waals surface area contributed by atoms with Gasteiger partial charge in [0.2, 0.25) is 0 Å². The van der Waals surface area contributed by atoms with Gasteiger partial charge in [0.25, 0.3) is 0 Å². The Balaban J connectivity index is 0.000000445. The summed E-state index contributed by atoms with van der Waals surface area (Å²) in [6, 6.07) is 4.62. The second-order valence-corrected chi connectivity index (χ2v) is 5.87. The lowest BCUT2D eigenvalue weighted by molar-refractivity contribution is -0.192. The molecule has 0 saturated carbocycles. The fourth-order valence-electron chi connectivity index (χ4n) is 1.97. The van der Waals surface area contributed by atoms with Crippen molar-refractivity contribution < 1.29 is 38.1 Å². The molecule has 0 spiro atoms. The number of para-hydroxylation sites is 1. The van der Waals surface area contributed by atoms with Gasteiger partial charge in [0.1, 0.15) is 11.8 Å². The molecule has 0 fully saturated rings. The summed E-state index contributed by atoms with van der Waals surface area (Å²) in [7, 11) is 0. The number of aromatic hydroxyl groups is 1. The van der Waals surface area contributed by atoms with E-state index >= 15 is 0 Å². The summed E-state index contributed by atoms with van der Waals surface area (Å²) in [6.45, 7) is 2.23. The van der Waals surface area contributed by atoms with Crippen LogP contribution in [0.5, 0.6) is 5.75 Å². The van der Waals surface area contributed by atoms with Gasteiger partial charge in [0, 0.05) is 17.5 Å². The molecule has 0 aliphatic rings. The van der Waals surface area contributed by atoms with Crippen LogP contribution in [0.2, 0.25) is 0 Å². The number of carbonyl (C=O) groups is 2. The van der Waals surface area contributed by atoms with E-state index in [1.54, 1.807) is 17.0 Å². The number of phenolic OH excluding ortho intramolecular Hbond substituents is 1. The highest BCUT2D eigenvalue weighted by atomic mass is 32.1. The molecule has 7 nitrogen and oxygen atoms in total. The molecule has 1 aromatic heterocycles. The van der Waals surface area contributed by atoms with Crippen LogP contribution in [0.15, 0.2) is 29.1 Å². The van der Waals surface area contributed by atoms with Crippen molar-refractivity contribution in [1.29, 1.82) is 0 Å². The second-order valence-electron chi connectivity index (χ2n) is 5.15. The zero-order chi connectivity index (χ0) is 20.6. The third-order valence-corrected chi connectivity index (χ3v) is 3.92. The number of thiazole rings is 1. The van der Waals surface area contributed by atoms with Crippen LogP contribution in [-0.4, -0.2) is 38.4 Å². The Morgan fingerprint density at radius 2 is 1.85 bits per heavy atom. The summed E-state index contributed by atoms with van der Waals surface area (Å²) < 4.78 is 31.7. The Labute approximate surface area is 156 Å². The minimum atomic E-state index is -5.08. The lowest BCUT2D eigenvalue weighted by Gasteiger charge is -2.14. The van der Waals surface area contributed by atoms with Crippen LogP contribution in [0.4, 0.5) is 13.2 Å². The number of aliphatic carboxylic acids is 2. The molecule has 148 valence electrons. The van der Waals surface area contributed by atoms with Gasteiger partial charge in [-0.15, -0.1) is 11.3 Å². The van der Waals surface area contributed by atoms with Crippen LogP contribution in [-0.2, 0) is 22.6 Å². The maximum atomic E-state index is 11.3. The summed E-state index contributed by atoms with van der Waals surface area (Å²) in [4.78, 5) is 24.2. The molecule has 2 aromatic rings. The number of hydrogen-bond donors (Lipinski definition) is 4. The number of carboxylic acids is 2. The third kappa shape index (κ3) is 6.87. The number of carboxylic acid groups (broad SMARTS) is 2. The van der Waals surface area contributed by atoms with Crippen molar-refractivity contribution in [2.75, 3.05) is 0 Å². The number of hydrogen-bond acceptors (Lipinski definition) is 6.